The summed E-state index contributed by atoms with van der Waals surface area (Å²) in [6, 6.07) is -0.539. The lowest BCUT2D eigenvalue weighted by molar-refractivity contribution is -0.206. The van der Waals surface area contributed by atoms with Gasteiger partial charge in [0.2, 0.25) is 0 Å². The molecule has 0 amide bonds. The smallest absolute Gasteiger partial charge is 0.393 e. The number of rotatable bonds is 1. The number of halogens is 3. The second kappa shape index (κ2) is 5.35. The van der Waals surface area contributed by atoms with Gasteiger partial charge in [0.05, 0.1) is 12.0 Å². The lowest BCUT2D eigenvalue weighted by Crippen LogP contribution is -2.56. The highest BCUT2D eigenvalue weighted by Crippen LogP contribution is 2.40. The van der Waals surface area contributed by atoms with E-state index in [-0.39, 0.29) is 19.3 Å². The van der Waals surface area contributed by atoms with Gasteiger partial charge in [0.25, 0.3) is 0 Å². The number of nitrogens with zero attached hydrogens (tertiary/aromatic N) is 2. The van der Waals surface area contributed by atoms with E-state index in [2.05, 4.69) is 4.90 Å². The van der Waals surface area contributed by atoms with E-state index < -0.39 is 24.2 Å². The average Bonchev–Trinajstić information content (AvgIpc) is 2.28. The Morgan fingerprint density at radius 2 is 1.67 bits per heavy atom. The predicted molar refractivity (Wildman–Crippen MR) is 62.3 cm³/mol. The molecule has 1 heterocycles. The van der Waals surface area contributed by atoms with Crippen molar-refractivity contribution < 1.29 is 18.3 Å². The Labute approximate surface area is 106 Å². The third-order valence-corrected chi connectivity index (χ3v) is 4.22. The zero-order chi connectivity index (χ0) is 13.3. The molecule has 1 saturated heterocycles. The molecule has 2 aliphatic rings. The Kier molecular flexibility index (Phi) is 4.18. The standard InChI is InChI=1S/C12H21F3N2O/c1-16-4-6-17(7-5-16)11-8-9(18)2-3-10(11)12(13,14)15/h9-11,18H,2-8H2,1H3. The Hall–Kier alpha value is -0.330. The third-order valence-electron chi connectivity index (χ3n) is 4.22. The Morgan fingerprint density at radius 3 is 2.22 bits per heavy atom. The number of aliphatic hydroxyl groups is 1. The number of likely N-dealkylation sites (N-methyl/N-ethyl adjacent to an activating group) is 1. The summed E-state index contributed by atoms with van der Waals surface area (Å²) in [6.07, 6.45) is -4.13. The van der Waals surface area contributed by atoms with E-state index in [1.165, 1.54) is 0 Å². The van der Waals surface area contributed by atoms with Gasteiger partial charge in [0.1, 0.15) is 0 Å². The minimum absolute atomic E-state index is 0.0572. The van der Waals surface area contributed by atoms with Gasteiger partial charge in [-0.2, -0.15) is 13.2 Å². The molecule has 106 valence electrons. The molecule has 1 aliphatic heterocycles. The van der Waals surface area contributed by atoms with Crippen molar-refractivity contribution in [2.24, 2.45) is 5.92 Å². The van der Waals surface area contributed by atoms with Crippen LogP contribution >= 0.6 is 0 Å². The molecule has 3 atom stereocenters. The van der Waals surface area contributed by atoms with Gasteiger partial charge >= 0.3 is 6.18 Å². The molecule has 18 heavy (non-hydrogen) atoms. The van der Waals surface area contributed by atoms with Crippen molar-refractivity contribution in [2.75, 3.05) is 33.2 Å². The molecule has 2 rings (SSSR count). The molecule has 3 nitrogen and oxygen atoms in total. The first-order valence-electron chi connectivity index (χ1n) is 6.55. The van der Waals surface area contributed by atoms with E-state index in [1.54, 1.807) is 0 Å². The Bertz CT molecular complexity index is 277. The fourth-order valence-corrected chi connectivity index (χ4v) is 3.06. The van der Waals surface area contributed by atoms with E-state index >= 15 is 0 Å². The quantitative estimate of drug-likeness (QED) is 0.775. The normalized spacial score (nSPS) is 36.8. The van der Waals surface area contributed by atoms with Crippen LogP contribution in [0.4, 0.5) is 13.2 Å². The van der Waals surface area contributed by atoms with Crippen LogP contribution in [-0.2, 0) is 0 Å². The largest absolute Gasteiger partial charge is 0.393 e. The zero-order valence-electron chi connectivity index (χ0n) is 10.7. The minimum Gasteiger partial charge on any atom is -0.393 e. The molecule has 0 bridgehead atoms. The topological polar surface area (TPSA) is 26.7 Å². The van der Waals surface area contributed by atoms with Crippen LogP contribution in [0.1, 0.15) is 19.3 Å². The van der Waals surface area contributed by atoms with Crippen LogP contribution in [-0.4, -0.2) is 66.5 Å². The molecule has 6 heteroatoms. The van der Waals surface area contributed by atoms with Crippen LogP contribution < -0.4 is 0 Å². The fraction of sp³-hybridized carbons (Fsp3) is 1.00. The van der Waals surface area contributed by atoms with Gasteiger partial charge in [-0.1, -0.05) is 0 Å². The second-order valence-corrected chi connectivity index (χ2v) is 5.52. The maximum atomic E-state index is 13.0. The highest BCUT2D eigenvalue weighted by molar-refractivity contribution is 4.91. The molecule has 0 radical (unpaired) electrons. The van der Waals surface area contributed by atoms with Crippen LogP contribution in [0.15, 0.2) is 0 Å². The number of hydrogen-bond acceptors (Lipinski definition) is 3. The summed E-state index contributed by atoms with van der Waals surface area (Å²) in [7, 11) is 1.98. The van der Waals surface area contributed by atoms with Crippen molar-refractivity contribution in [3.05, 3.63) is 0 Å². The predicted octanol–water partition coefficient (Wildman–Crippen LogP) is 1.33. The summed E-state index contributed by atoms with van der Waals surface area (Å²) >= 11 is 0. The van der Waals surface area contributed by atoms with Crippen LogP contribution in [0, 0.1) is 5.92 Å². The average molecular weight is 266 g/mol. The van der Waals surface area contributed by atoms with Gasteiger partial charge in [-0.15, -0.1) is 0 Å². The molecule has 2 fully saturated rings. The van der Waals surface area contributed by atoms with E-state index in [0.717, 1.165) is 13.1 Å². The van der Waals surface area contributed by atoms with E-state index in [4.69, 9.17) is 0 Å². The Balaban J connectivity index is 2.05. The molecule has 1 aliphatic carbocycles. The van der Waals surface area contributed by atoms with Gasteiger partial charge < -0.3 is 10.0 Å². The minimum atomic E-state index is -4.14. The fourth-order valence-electron chi connectivity index (χ4n) is 3.06. The summed E-state index contributed by atoms with van der Waals surface area (Å²) < 4.78 is 39.1. The summed E-state index contributed by atoms with van der Waals surface area (Å²) in [4.78, 5) is 4.04. The molecular formula is C12H21F3N2O. The monoisotopic (exact) mass is 266 g/mol. The van der Waals surface area contributed by atoms with Crippen LogP contribution in [0.25, 0.3) is 0 Å². The van der Waals surface area contributed by atoms with E-state index in [0.29, 0.717) is 13.1 Å². The maximum Gasteiger partial charge on any atom is 0.393 e. The highest BCUT2D eigenvalue weighted by atomic mass is 19.4. The van der Waals surface area contributed by atoms with Crippen molar-refractivity contribution in [1.82, 2.24) is 9.80 Å². The first-order valence-corrected chi connectivity index (χ1v) is 6.55. The van der Waals surface area contributed by atoms with Crippen molar-refractivity contribution in [3.8, 4) is 0 Å². The number of hydrogen-bond donors (Lipinski definition) is 1. The van der Waals surface area contributed by atoms with E-state index in [1.807, 2.05) is 11.9 Å². The molecule has 0 aromatic rings. The summed E-state index contributed by atoms with van der Waals surface area (Å²) in [6.45, 7) is 2.94. The van der Waals surface area contributed by atoms with Gasteiger partial charge in [0, 0.05) is 32.2 Å². The Morgan fingerprint density at radius 1 is 1.06 bits per heavy atom. The van der Waals surface area contributed by atoms with Crippen LogP contribution in [0.2, 0.25) is 0 Å². The van der Waals surface area contributed by atoms with Crippen molar-refractivity contribution in [2.45, 2.75) is 37.6 Å². The zero-order valence-corrected chi connectivity index (χ0v) is 10.7. The van der Waals surface area contributed by atoms with Gasteiger partial charge in [0.15, 0.2) is 0 Å². The second-order valence-electron chi connectivity index (χ2n) is 5.52. The molecule has 0 spiro atoms. The number of piperazine rings is 1. The summed E-state index contributed by atoms with van der Waals surface area (Å²) in [5.41, 5.74) is 0. The lowest BCUT2D eigenvalue weighted by atomic mass is 9.81. The van der Waals surface area contributed by atoms with Crippen LogP contribution in [0.5, 0.6) is 0 Å². The van der Waals surface area contributed by atoms with Crippen LogP contribution in [0.3, 0.4) is 0 Å². The molecule has 0 aromatic carbocycles. The summed E-state index contributed by atoms with van der Waals surface area (Å²) in [5, 5.41) is 9.64. The summed E-state index contributed by atoms with van der Waals surface area (Å²) in [5.74, 6) is -1.27. The molecule has 0 aromatic heterocycles. The van der Waals surface area contributed by atoms with Gasteiger partial charge in [-0.25, -0.2) is 0 Å². The number of alkyl halides is 3. The molecular weight excluding hydrogens is 245 g/mol. The lowest BCUT2D eigenvalue weighted by Gasteiger charge is -2.45. The first kappa shape index (κ1) is 14.1. The SMILES string of the molecule is CN1CCN(C2CC(O)CCC2C(F)(F)F)CC1. The van der Waals surface area contributed by atoms with E-state index in [9.17, 15) is 18.3 Å². The molecule has 1 saturated carbocycles. The van der Waals surface area contributed by atoms with Gasteiger partial charge in [-0.3, -0.25) is 4.90 Å². The highest BCUT2D eigenvalue weighted by Gasteiger charge is 2.49. The van der Waals surface area contributed by atoms with Crippen molar-refractivity contribution in [1.29, 1.82) is 0 Å². The number of aliphatic hydroxyl groups excluding tert-OH is 1. The molecule has 1 N–H and O–H groups in total. The van der Waals surface area contributed by atoms with Crippen molar-refractivity contribution >= 4 is 0 Å². The molecule has 3 unspecified atom stereocenters. The third kappa shape index (κ3) is 3.16. The van der Waals surface area contributed by atoms with Gasteiger partial charge in [-0.05, 0) is 26.3 Å². The van der Waals surface area contributed by atoms with Crippen molar-refractivity contribution in [3.63, 3.8) is 0 Å². The first-order chi connectivity index (χ1) is 8.38. The maximum absolute atomic E-state index is 13.0.